The van der Waals surface area contributed by atoms with Gasteiger partial charge in [0.15, 0.2) is 5.82 Å². The largest absolute Gasteiger partial charge is 0.333 e. The van der Waals surface area contributed by atoms with E-state index in [0.29, 0.717) is 40.0 Å². The highest BCUT2D eigenvalue weighted by atomic mass is 32.2. The summed E-state index contributed by atoms with van der Waals surface area (Å²) in [7, 11) is 0. The molecule has 4 rings (SSSR count). The van der Waals surface area contributed by atoms with Gasteiger partial charge in [-0.05, 0) is 36.4 Å². The van der Waals surface area contributed by atoms with E-state index in [-0.39, 0.29) is 10.5 Å². The van der Waals surface area contributed by atoms with Gasteiger partial charge in [0.25, 0.3) is 17.6 Å². The van der Waals surface area contributed by atoms with Gasteiger partial charge in [-0.15, -0.1) is 11.3 Å². The zero-order valence-corrected chi connectivity index (χ0v) is 14.9. The van der Waals surface area contributed by atoms with E-state index in [1.165, 1.54) is 23.5 Å². The average Bonchev–Trinajstić information content (AvgIpc) is 3.17. The number of anilines is 1. The third-order valence-electron chi connectivity index (χ3n) is 3.84. The Balaban J connectivity index is 1.56. The van der Waals surface area contributed by atoms with Gasteiger partial charge < -0.3 is 9.84 Å². The summed E-state index contributed by atoms with van der Waals surface area (Å²) in [5.74, 6) is -1.66. The van der Waals surface area contributed by atoms with Gasteiger partial charge in [-0.1, -0.05) is 29.1 Å². The standard InChI is InChI=1S/C17H13F2N3O2S2/c18-17(19)26-12-4-2-1-3-10(12)15(23)20-11-7-8-25-13(11)16-21-14(22-24-16)9-5-6-9/h1-4,7-9,17H,5-6H2,(H,20,23). The minimum Gasteiger partial charge on any atom is -0.333 e. The van der Waals surface area contributed by atoms with Crippen molar-refractivity contribution in [3.63, 3.8) is 0 Å². The molecule has 3 aromatic rings. The molecule has 0 bridgehead atoms. The lowest BCUT2D eigenvalue weighted by Crippen LogP contribution is -2.13. The number of nitrogens with zero attached hydrogens (tertiary/aromatic N) is 2. The number of hydrogen-bond donors (Lipinski definition) is 1. The van der Waals surface area contributed by atoms with E-state index < -0.39 is 11.7 Å². The fourth-order valence-electron chi connectivity index (χ4n) is 2.45. The van der Waals surface area contributed by atoms with Crippen molar-refractivity contribution in [2.45, 2.75) is 29.4 Å². The monoisotopic (exact) mass is 393 g/mol. The van der Waals surface area contributed by atoms with E-state index >= 15 is 0 Å². The first-order valence-corrected chi connectivity index (χ1v) is 9.64. The lowest BCUT2D eigenvalue weighted by Gasteiger charge is -2.09. The number of hydrogen-bond acceptors (Lipinski definition) is 6. The van der Waals surface area contributed by atoms with E-state index in [1.54, 1.807) is 23.6 Å². The number of benzene rings is 1. The number of amides is 1. The van der Waals surface area contributed by atoms with Crippen molar-refractivity contribution in [3.05, 3.63) is 47.1 Å². The Kier molecular flexibility index (Phi) is 4.73. The lowest BCUT2D eigenvalue weighted by atomic mass is 10.2. The maximum Gasteiger partial charge on any atom is 0.288 e. The normalized spacial score (nSPS) is 14.0. The first-order valence-electron chi connectivity index (χ1n) is 7.88. The molecule has 0 unspecified atom stereocenters. The van der Waals surface area contributed by atoms with E-state index in [2.05, 4.69) is 15.5 Å². The molecule has 0 radical (unpaired) electrons. The van der Waals surface area contributed by atoms with Crippen molar-refractivity contribution >= 4 is 34.7 Å². The van der Waals surface area contributed by atoms with Gasteiger partial charge in [-0.3, -0.25) is 4.79 Å². The molecule has 0 spiro atoms. The molecule has 1 aromatic carbocycles. The number of thiophene rings is 1. The summed E-state index contributed by atoms with van der Waals surface area (Å²) in [5.41, 5.74) is 0.710. The zero-order chi connectivity index (χ0) is 18.1. The maximum absolute atomic E-state index is 12.7. The van der Waals surface area contributed by atoms with Crippen molar-refractivity contribution in [2.75, 3.05) is 5.32 Å². The second-order valence-corrected chi connectivity index (χ2v) is 7.67. The third-order valence-corrected chi connectivity index (χ3v) is 5.53. The molecule has 1 amide bonds. The number of alkyl halides is 2. The number of rotatable bonds is 6. The number of aromatic nitrogens is 2. The van der Waals surface area contributed by atoms with Crippen LogP contribution in [0.3, 0.4) is 0 Å². The Bertz CT molecular complexity index is 937. The summed E-state index contributed by atoms with van der Waals surface area (Å²) in [6, 6.07) is 8.00. The van der Waals surface area contributed by atoms with E-state index in [1.807, 2.05) is 0 Å². The minimum atomic E-state index is -2.60. The molecule has 5 nitrogen and oxygen atoms in total. The van der Waals surface area contributed by atoms with Crippen LogP contribution in [-0.4, -0.2) is 21.8 Å². The molecule has 1 fully saturated rings. The molecule has 2 heterocycles. The van der Waals surface area contributed by atoms with Crippen LogP contribution in [0, 0.1) is 0 Å². The molecule has 134 valence electrons. The van der Waals surface area contributed by atoms with Crippen molar-refractivity contribution in [1.29, 1.82) is 0 Å². The van der Waals surface area contributed by atoms with E-state index in [4.69, 9.17) is 4.52 Å². The van der Waals surface area contributed by atoms with Gasteiger partial charge >= 0.3 is 0 Å². The molecular formula is C17H13F2N3O2S2. The molecule has 0 atom stereocenters. The Morgan fingerprint density at radius 1 is 1.31 bits per heavy atom. The van der Waals surface area contributed by atoms with E-state index in [9.17, 15) is 13.6 Å². The second kappa shape index (κ2) is 7.16. The Morgan fingerprint density at radius 2 is 2.12 bits per heavy atom. The molecule has 1 aliphatic carbocycles. The Labute approximate surface area is 155 Å². The molecule has 1 saturated carbocycles. The summed E-state index contributed by atoms with van der Waals surface area (Å²) < 4.78 is 30.7. The summed E-state index contributed by atoms with van der Waals surface area (Å²) in [6.45, 7) is 0. The Hall–Kier alpha value is -2.26. The van der Waals surface area contributed by atoms with Gasteiger partial charge in [0.2, 0.25) is 0 Å². The number of carbonyl (C=O) groups excluding carboxylic acids is 1. The summed E-state index contributed by atoms with van der Waals surface area (Å²) >= 11 is 1.71. The van der Waals surface area contributed by atoms with Crippen LogP contribution in [0.5, 0.6) is 0 Å². The molecular weight excluding hydrogens is 380 g/mol. The van der Waals surface area contributed by atoms with Gasteiger partial charge in [0.05, 0.1) is 11.3 Å². The van der Waals surface area contributed by atoms with Crippen LogP contribution in [-0.2, 0) is 0 Å². The van der Waals surface area contributed by atoms with Crippen LogP contribution in [0.2, 0.25) is 0 Å². The van der Waals surface area contributed by atoms with Crippen LogP contribution < -0.4 is 5.32 Å². The topological polar surface area (TPSA) is 68.0 Å². The fraction of sp³-hybridized carbons (Fsp3) is 0.235. The SMILES string of the molecule is O=C(Nc1ccsc1-c1nc(C2CC2)no1)c1ccccc1SC(F)F. The Morgan fingerprint density at radius 3 is 2.88 bits per heavy atom. The van der Waals surface area contributed by atoms with Crippen molar-refractivity contribution < 1.29 is 18.1 Å². The van der Waals surface area contributed by atoms with Crippen LogP contribution in [0.15, 0.2) is 45.1 Å². The fourth-order valence-corrected chi connectivity index (χ4v) is 3.86. The minimum absolute atomic E-state index is 0.194. The van der Waals surface area contributed by atoms with Gasteiger partial charge in [-0.2, -0.15) is 13.8 Å². The molecule has 0 aliphatic heterocycles. The van der Waals surface area contributed by atoms with E-state index in [0.717, 1.165) is 12.8 Å². The molecule has 9 heteroatoms. The average molecular weight is 393 g/mol. The predicted octanol–water partition coefficient (Wildman–Crippen LogP) is 5.24. The van der Waals surface area contributed by atoms with Crippen molar-refractivity contribution in [3.8, 4) is 10.8 Å². The third kappa shape index (κ3) is 3.63. The molecule has 26 heavy (non-hydrogen) atoms. The first kappa shape index (κ1) is 17.2. The first-order chi connectivity index (χ1) is 12.6. The van der Waals surface area contributed by atoms with Crippen molar-refractivity contribution in [2.24, 2.45) is 0 Å². The summed E-state index contributed by atoms with van der Waals surface area (Å²) in [6.07, 6.45) is 2.12. The summed E-state index contributed by atoms with van der Waals surface area (Å²) in [5, 5.41) is 8.54. The lowest BCUT2D eigenvalue weighted by molar-refractivity contribution is 0.102. The molecule has 0 saturated heterocycles. The van der Waals surface area contributed by atoms with Crippen molar-refractivity contribution in [1.82, 2.24) is 10.1 Å². The number of carbonyl (C=O) groups is 1. The molecule has 1 N–H and O–H groups in total. The molecule has 1 aliphatic rings. The van der Waals surface area contributed by atoms with Crippen LogP contribution >= 0.6 is 23.1 Å². The number of halogens is 2. The zero-order valence-electron chi connectivity index (χ0n) is 13.3. The van der Waals surface area contributed by atoms with Gasteiger partial charge in [0, 0.05) is 10.8 Å². The molecule has 2 aromatic heterocycles. The van der Waals surface area contributed by atoms with Gasteiger partial charge in [-0.25, -0.2) is 0 Å². The number of thioether (sulfide) groups is 1. The van der Waals surface area contributed by atoms with Crippen LogP contribution in [0.1, 0.15) is 34.9 Å². The highest BCUT2D eigenvalue weighted by molar-refractivity contribution is 7.99. The second-order valence-electron chi connectivity index (χ2n) is 5.72. The van der Waals surface area contributed by atoms with Gasteiger partial charge in [0.1, 0.15) is 4.88 Å². The van der Waals surface area contributed by atoms with Crippen LogP contribution in [0.25, 0.3) is 10.8 Å². The highest BCUT2D eigenvalue weighted by Gasteiger charge is 2.29. The number of nitrogens with one attached hydrogen (secondary N) is 1. The highest BCUT2D eigenvalue weighted by Crippen LogP contribution is 2.40. The van der Waals surface area contributed by atoms with Crippen LogP contribution in [0.4, 0.5) is 14.5 Å². The smallest absolute Gasteiger partial charge is 0.288 e. The maximum atomic E-state index is 12.7. The summed E-state index contributed by atoms with van der Waals surface area (Å²) in [4.78, 5) is 17.9. The predicted molar refractivity (Wildman–Crippen MR) is 95.8 cm³/mol. The quantitative estimate of drug-likeness (QED) is 0.580.